The molecule has 0 aromatic heterocycles. The number of nitrogens with one attached hydrogen (secondary N) is 1. The molecular weight excluding hydrogens is 358 g/mol. The van der Waals surface area contributed by atoms with Gasteiger partial charge in [-0.15, -0.1) is 10.2 Å². The van der Waals surface area contributed by atoms with E-state index in [0.29, 0.717) is 28.3 Å². The molecule has 0 bridgehead atoms. The Bertz CT molecular complexity index is 986. The molecule has 1 amide bonds. The summed E-state index contributed by atoms with van der Waals surface area (Å²) in [6.45, 7) is 0. The molecule has 0 unspecified atom stereocenters. The van der Waals surface area contributed by atoms with E-state index in [4.69, 9.17) is 9.57 Å². The minimum Gasteiger partial charge on any atom is -0.497 e. The zero-order chi connectivity index (χ0) is 19.8. The number of hydrogen-bond acceptors (Lipinski definition) is 6. The molecule has 7 heteroatoms. The molecule has 28 heavy (non-hydrogen) atoms. The van der Waals surface area contributed by atoms with E-state index in [9.17, 15) is 9.59 Å². The molecule has 1 N–H and O–H groups in total. The van der Waals surface area contributed by atoms with Gasteiger partial charge in [0.1, 0.15) is 5.75 Å². The lowest BCUT2D eigenvalue weighted by molar-refractivity contribution is 0.0596. The van der Waals surface area contributed by atoms with Crippen molar-refractivity contribution in [2.24, 2.45) is 10.2 Å². The first-order valence-electron chi connectivity index (χ1n) is 8.38. The second-order valence-electron chi connectivity index (χ2n) is 5.64. The van der Waals surface area contributed by atoms with E-state index < -0.39 is 11.9 Å². The van der Waals surface area contributed by atoms with Crippen molar-refractivity contribution in [1.82, 2.24) is 0 Å². The maximum atomic E-state index is 12.1. The third-order valence-corrected chi connectivity index (χ3v) is 3.71. The van der Waals surface area contributed by atoms with Gasteiger partial charge in [-0.1, -0.05) is 24.3 Å². The average molecular weight is 375 g/mol. The van der Waals surface area contributed by atoms with E-state index in [1.54, 1.807) is 72.8 Å². The topological polar surface area (TPSA) is 89.3 Å². The number of anilines is 1. The molecule has 0 heterocycles. The molecule has 3 aromatic carbocycles. The highest BCUT2D eigenvalue weighted by atomic mass is 16.7. The summed E-state index contributed by atoms with van der Waals surface area (Å²) in [6.07, 6.45) is 0. The summed E-state index contributed by atoms with van der Waals surface area (Å²) in [5.41, 5.74) is 4.43. The Labute approximate surface area is 161 Å². The van der Waals surface area contributed by atoms with Gasteiger partial charge in [-0.25, -0.2) is 10.3 Å². The second kappa shape index (κ2) is 9.09. The van der Waals surface area contributed by atoms with Crippen molar-refractivity contribution in [3.63, 3.8) is 0 Å². The highest BCUT2D eigenvalue weighted by molar-refractivity contribution is 5.94. The van der Waals surface area contributed by atoms with Gasteiger partial charge in [0.2, 0.25) is 0 Å². The molecule has 0 radical (unpaired) electrons. The summed E-state index contributed by atoms with van der Waals surface area (Å²) in [6, 6.07) is 21.9. The van der Waals surface area contributed by atoms with Crippen LogP contribution in [0.2, 0.25) is 0 Å². The van der Waals surface area contributed by atoms with Crippen LogP contribution in [0.3, 0.4) is 0 Å². The molecule has 3 rings (SSSR count). The van der Waals surface area contributed by atoms with Crippen molar-refractivity contribution in [2.75, 3.05) is 12.6 Å². The monoisotopic (exact) mass is 375 g/mol. The first-order valence-corrected chi connectivity index (χ1v) is 8.38. The van der Waals surface area contributed by atoms with Crippen LogP contribution in [0.5, 0.6) is 5.75 Å². The zero-order valence-electron chi connectivity index (χ0n) is 15.0. The number of amides is 1. The SMILES string of the molecule is COc1cccc(C(=O)ONc2ccc(N=NC(=O)c3ccccc3)cc2)c1. The van der Waals surface area contributed by atoms with Crippen molar-refractivity contribution >= 4 is 23.3 Å². The Hall–Kier alpha value is -4.00. The van der Waals surface area contributed by atoms with Crippen LogP contribution in [0.4, 0.5) is 11.4 Å². The quantitative estimate of drug-likeness (QED) is 0.494. The standard InChI is InChI=1S/C21H17N3O4/c1-27-19-9-5-8-16(14-19)21(26)28-24-18-12-10-17(11-13-18)22-23-20(25)15-6-3-2-4-7-15/h2-14,24H,1H3. The lowest BCUT2D eigenvalue weighted by Gasteiger charge is -2.07. The first-order chi connectivity index (χ1) is 13.7. The van der Waals surface area contributed by atoms with E-state index in [2.05, 4.69) is 15.7 Å². The lowest BCUT2D eigenvalue weighted by atomic mass is 10.2. The number of benzene rings is 3. The van der Waals surface area contributed by atoms with Crippen LogP contribution in [0.1, 0.15) is 20.7 Å². The molecule has 0 atom stereocenters. The Kier molecular flexibility index (Phi) is 6.10. The summed E-state index contributed by atoms with van der Waals surface area (Å²) in [4.78, 5) is 29.0. The van der Waals surface area contributed by atoms with Gasteiger partial charge in [0.15, 0.2) is 0 Å². The maximum absolute atomic E-state index is 12.1. The molecule has 0 saturated heterocycles. The van der Waals surface area contributed by atoms with Crippen molar-refractivity contribution in [3.05, 3.63) is 90.0 Å². The van der Waals surface area contributed by atoms with Crippen LogP contribution in [0.25, 0.3) is 0 Å². The molecule has 0 aliphatic carbocycles. The molecule has 0 fully saturated rings. The molecule has 0 saturated carbocycles. The minimum atomic E-state index is -0.545. The predicted octanol–water partition coefficient (Wildman–Crippen LogP) is 4.80. The summed E-state index contributed by atoms with van der Waals surface area (Å²) in [7, 11) is 1.52. The third-order valence-electron chi connectivity index (χ3n) is 3.71. The van der Waals surface area contributed by atoms with Crippen LogP contribution in [0, 0.1) is 0 Å². The van der Waals surface area contributed by atoms with Crippen LogP contribution in [-0.2, 0) is 4.84 Å². The Morgan fingerprint density at radius 3 is 2.29 bits per heavy atom. The molecule has 140 valence electrons. The predicted molar refractivity (Wildman–Crippen MR) is 104 cm³/mol. The number of carbonyl (C=O) groups is 2. The summed E-state index contributed by atoms with van der Waals surface area (Å²) in [5.74, 6) is -0.402. The van der Waals surface area contributed by atoms with E-state index in [1.807, 2.05) is 6.07 Å². The van der Waals surface area contributed by atoms with Crippen LogP contribution in [0.15, 0.2) is 89.1 Å². The number of carbonyl (C=O) groups excluding carboxylic acids is 2. The number of nitrogens with zero attached hydrogens (tertiary/aromatic N) is 2. The van der Waals surface area contributed by atoms with E-state index in [1.165, 1.54) is 7.11 Å². The molecule has 7 nitrogen and oxygen atoms in total. The van der Waals surface area contributed by atoms with Crippen molar-refractivity contribution in [2.45, 2.75) is 0 Å². The third kappa shape index (κ3) is 5.01. The number of methoxy groups -OCH3 is 1. The normalized spacial score (nSPS) is 10.5. The van der Waals surface area contributed by atoms with Gasteiger partial charge in [0.05, 0.1) is 24.0 Å². The van der Waals surface area contributed by atoms with Gasteiger partial charge in [-0.05, 0) is 54.6 Å². The number of hydrogen-bond donors (Lipinski definition) is 1. The summed E-state index contributed by atoms with van der Waals surface area (Å²) in [5, 5.41) is 7.60. The second-order valence-corrected chi connectivity index (χ2v) is 5.64. The fourth-order valence-electron chi connectivity index (χ4n) is 2.25. The number of azo groups is 1. The van der Waals surface area contributed by atoms with Gasteiger partial charge in [0.25, 0.3) is 5.91 Å². The first kappa shape index (κ1) is 18.8. The Balaban J connectivity index is 1.56. The Morgan fingerprint density at radius 1 is 0.857 bits per heavy atom. The van der Waals surface area contributed by atoms with Gasteiger partial charge < -0.3 is 9.57 Å². The molecule has 0 spiro atoms. The van der Waals surface area contributed by atoms with E-state index in [0.717, 1.165) is 0 Å². The fourth-order valence-corrected chi connectivity index (χ4v) is 2.25. The highest BCUT2D eigenvalue weighted by Crippen LogP contribution is 2.18. The average Bonchev–Trinajstić information content (AvgIpc) is 2.77. The molecule has 0 aliphatic rings. The summed E-state index contributed by atoms with van der Waals surface area (Å²) < 4.78 is 5.08. The van der Waals surface area contributed by atoms with E-state index in [-0.39, 0.29) is 0 Å². The fraction of sp³-hybridized carbons (Fsp3) is 0.0476. The molecule has 3 aromatic rings. The van der Waals surface area contributed by atoms with E-state index >= 15 is 0 Å². The molecular formula is C21H17N3O4. The van der Waals surface area contributed by atoms with Crippen molar-refractivity contribution in [3.8, 4) is 5.75 Å². The van der Waals surface area contributed by atoms with Gasteiger partial charge in [-0.2, -0.15) is 0 Å². The van der Waals surface area contributed by atoms with Crippen LogP contribution >= 0.6 is 0 Å². The minimum absolute atomic E-state index is 0.358. The zero-order valence-corrected chi connectivity index (χ0v) is 15.0. The number of ether oxygens (including phenoxy) is 1. The van der Waals surface area contributed by atoms with Gasteiger partial charge >= 0.3 is 5.97 Å². The van der Waals surface area contributed by atoms with Gasteiger partial charge in [0, 0.05) is 5.56 Å². The van der Waals surface area contributed by atoms with Crippen molar-refractivity contribution in [1.29, 1.82) is 0 Å². The largest absolute Gasteiger partial charge is 0.497 e. The van der Waals surface area contributed by atoms with Gasteiger partial charge in [-0.3, -0.25) is 4.79 Å². The highest BCUT2D eigenvalue weighted by Gasteiger charge is 2.09. The smallest absolute Gasteiger partial charge is 0.362 e. The van der Waals surface area contributed by atoms with Crippen LogP contribution < -0.4 is 10.2 Å². The van der Waals surface area contributed by atoms with Crippen molar-refractivity contribution < 1.29 is 19.2 Å². The molecule has 0 aliphatic heterocycles. The number of rotatable bonds is 6. The lowest BCUT2D eigenvalue weighted by Crippen LogP contribution is -2.10. The maximum Gasteiger partial charge on any atom is 0.362 e. The van der Waals surface area contributed by atoms with Crippen LogP contribution in [-0.4, -0.2) is 19.0 Å². The summed E-state index contributed by atoms with van der Waals surface area (Å²) >= 11 is 0. The Morgan fingerprint density at radius 2 is 1.57 bits per heavy atom.